The number of nitrogens with zero attached hydrogens (tertiary/aromatic N) is 1. The van der Waals surface area contributed by atoms with E-state index in [1.807, 2.05) is 0 Å². The SMILES string of the molecule is Nc1ccc(F)c(S(=O)(=O)N2CCCC2CCCO)c1. The van der Waals surface area contributed by atoms with Gasteiger partial charge in [-0.05, 0) is 43.9 Å². The van der Waals surface area contributed by atoms with Crippen molar-refractivity contribution < 1.29 is 17.9 Å². The monoisotopic (exact) mass is 302 g/mol. The molecule has 112 valence electrons. The summed E-state index contributed by atoms with van der Waals surface area (Å²) < 4.78 is 40.2. The van der Waals surface area contributed by atoms with Crippen molar-refractivity contribution in [1.82, 2.24) is 4.31 Å². The zero-order valence-corrected chi connectivity index (χ0v) is 11.9. The standard InChI is InChI=1S/C13H19FN2O3S/c14-12-6-5-10(15)9-13(12)20(18,19)16-7-1-3-11(16)4-2-8-17/h5-6,9,11,17H,1-4,7-8,15H2. The number of anilines is 1. The number of sulfonamides is 1. The predicted octanol–water partition coefficient (Wildman–Crippen LogP) is 1.33. The van der Waals surface area contributed by atoms with Gasteiger partial charge >= 0.3 is 0 Å². The lowest BCUT2D eigenvalue weighted by atomic mass is 10.1. The molecular weight excluding hydrogens is 283 g/mol. The molecule has 1 fully saturated rings. The van der Waals surface area contributed by atoms with E-state index in [0.29, 0.717) is 19.4 Å². The second-order valence-corrected chi connectivity index (χ2v) is 6.83. The molecule has 0 saturated carbocycles. The van der Waals surface area contributed by atoms with Crippen LogP contribution in [-0.2, 0) is 10.0 Å². The minimum absolute atomic E-state index is 0.0248. The summed E-state index contributed by atoms with van der Waals surface area (Å²) in [4.78, 5) is -0.367. The minimum atomic E-state index is -3.87. The van der Waals surface area contributed by atoms with Crippen LogP contribution in [0.25, 0.3) is 0 Å². The lowest BCUT2D eigenvalue weighted by Gasteiger charge is -2.24. The largest absolute Gasteiger partial charge is 0.399 e. The molecule has 0 aromatic heterocycles. The first kappa shape index (κ1) is 15.2. The highest BCUT2D eigenvalue weighted by Crippen LogP contribution is 2.30. The third-order valence-corrected chi connectivity index (χ3v) is 5.53. The Kier molecular flexibility index (Phi) is 4.62. The van der Waals surface area contributed by atoms with E-state index in [9.17, 15) is 12.8 Å². The molecule has 1 heterocycles. The van der Waals surface area contributed by atoms with Crippen LogP contribution in [-0.4, -0.2) is 37.0 Å². The molecule has 0 amide bonds. The van der Waals surface area contributed by atoms with Crippen LogP contribution in [0.4, 0.5) is 10.1 Å². The highest BCUT2D eigenvalue weighted by atomic mass is 32.2. The number of benzene rings is 1. The Morgan fingerprint density at radius 3 is 2.90 bits per heavy atom. The topological polar surface area (TPSA) is 83.6 Å². The summed E-state index contributed by atoms with van der Waals surface area (Å²) in [5.74, 6) is -0.785. The van der Waals surface area contributed by atoms with Crippen LogP contribution in [0, 0.1) is 5.82 Å². The average molecular weight is 302 g/mol. The molecule has 1 aliphatic heterocycles. The first-order chi connectivity index (χ1) is 9.46. The third-order valence-electron chi connectivity index (χ3n) is 3.56. The number of aliphatic hydroxyl groups is 1. The van der Waals surface area contributed by atoms with Gasteiger partial charge in [0.2, 0.25) is 10.0 Å². The van der Waals surface area contributed by atoms with Gasteiger partial charge in [-0.1, -0.05) is 0 Å². The van der Waals surface area contributed by atoms with E-state index >= 15 is 0 Å². The van der Waals surface area contributed by atoms with Crippen molar-refractivity contribution in [3.8, 4) is 0 Å². The minimum Gasteiger partial charge on any atom is -0.399 e. The summed E-state index contributed by atoms with van der Waals surface area (Å²) in [6.45, 7) is 0.406. The average Bonchev–Trinajstić information content (AvgIpc) is 2.88. The molecule has 1 saturated heterocycles. The fourth-order valence-corrected chi connectivity index (χ4v) is 4.41. The lowest BCUT2D eigenvalue weighted by Crippen LogP contribution is -2.36. The normalized spacial score (nSPS) is 20.4. The molecule has 3 N–H and O–H groups in total. The number of nitrogens with two attached hydrogens (primary N) is 1. The maximum atomic E-state index is 13.8. The van der Waals surface area contributed by atoms with Crippen molar-refractivity contribution in [1.29, 1.82) is 0 Å². The first-order valence-corrected chi connectivity index (χ1v) is 8.08. The smallest absolute Gasteiger partial charge is 0.246 e. The number of halogens is 1. The molecule has 2 rings (SSSR count). The summed E-state index contributed by atoms with van der Waals surface area (Å²) in [7, 11) is -3.87. The second kappa shape index (κ2) is 6.07. The van der Waals surface area contributed by atoms with Gasteiger partial charge in [-0.15, -0.1) is 0 Å². The number of rotatable bonds is 5. The maximum absolute atomic E-state index is 13.8. The van der Waals surface area contributed by atoms with Crippen molar-refractivity contribution in [3.63, 3.8) is 0 Å². The van der Waals surface area contributed by atoms with Gasteiger partial charge in [0.15, 0.2) is 0 Å². The van der Waals surface area contributed by atoms with Crippen LogP contribution < -0.4 is 5.73 Å². The molecule has 0 bridgehead atoms. The van der Waals surface area contributed by atoms with Gasteiger partial charge in [0, 0.05) is 24.9 Å². The molecule has 0 aliphatic carbocycles. The zero-order chi connectivity index (χ0) is 14.8. The molecule has 1 atom stereocenters. The Morgan fingerprint density at radius 2 is 2.20 bits per heavy atom. The van der Waals surface area contributed by atoms with Crippen LogP contribution in [0.3, 0.4) is 0 Å². The summed E-state index contributed by atoms with van der Waals surface area (Å²) >= 11 is 0. The van der Waals surface area contributed by atoms with Crippen LogP contribution in [0.5, 0.6) is 0 Å². The van der Waals surface area contributed by atoms with E-state index in [1.165, 1.54) is 10.4 Å². The van der Waals surface area contributed by atoms with Crippen molar-refractivity contribution in [2.75, 3.05) is 18.9 Å². The van der Waals surface area contributed by atoms with Gasteiger partial charge in [0.1, 0.15) is 10.7 Å². The first-order valence-electron chi connectivity index (χ1n) is 6.64. The van der Waals surface area contributed by atoms with Crippen molar-refractivity contribution >= 4 is 15.7 Å². The second-order valence-electron chi connectivity index (χ2n) is 4.97. The number of hydrogen-bond acceptors (Lipinski definition) is 4. The molecular formula is C13H19FN2O3S. The van der Waals surface area contributed by atoms with Crippen molar-refractivity contribution in [2.45, 2.75) is 36.6 Å². The molecule has 1 aromatic carbocycles. The molecule has 7 heteroatoms. The Hall–Kier alpha value is -1.18. The van der Waals surface area contributed by atoms with E-state index in [1.54, 1.807) is 0 Å². The van der Waals surface area contributed by atoms with Crippen molar-refractivity contribution in [3.05, 3.63) is 24.0 Å². The van der Waals surface area contributed by atoms with E-state index in [4.69, 9.17) is 10.8 Å². The highest BCUT2D eigenvalue weighted by molar-refractivity contribution is 7.89. The van der Waals surface area contributed by atoms with Crippen molar-refractivity contribution in [2.24, 2.45) is 0 Å². The van der Waals surface area contributed by atoms with Gasteiger partial charge in [-0.3, -0.25) is 0 Å². The van der Waals surface area contributed by atoms with E-state index in [-0.39, 0.29) is 23.2 Å². The molecule has 5 nitrogen and oxygen atoms in total. The molecule has 20 heavy (non-hydrogen) atoms. The summed E-state index contributed by atoms with van der Waals surface area (Å²) in [6.07, 6.45) is 2.61. The molecule has 0 spiro atoms. The zero-order valence-electron chi connectivity index (χ0n) is 11.1. The lowest BCUT2D eigenvalue weighted by molar-refractivity contribution is 0.264. The van der Waals surface area contributed by atoms with Gasteiger partial charge < -0.3 is 10.8 Å². The Bertz CT molecular complexity index is 577. The Morgan fingerprint density at radius 1 is 1.45 bits per heavy atom. The Balaban J connectivity index is 2.31. The molecule has 1 aliphatic rings. The van der Waals surface area contributed by atoms with Crippen LogP contribution in [0.1, 0.15) is 25.7 Å². The third kappa shape index (κ3) is 2.94. The number of nitrogen functional groups attached to an aromatic ring is 1. The number of aliphatic hydroxyl groups excluding tert-OH is 1. The molecule has 1 aromatic rings. The molecule has 1 unspecified atom stereocenters. The maximum Gasteiger partial charge on any atom is 0.246 e. The van der Waals surface area contributed by atoms with Crippen LogP contribution in [0.2, 0.25) is 0 Å². The van der Waals surface area contributed by atoms with Crippen LogP contribution >= 0.6 is 0 Å². The van der Waals surface area contributed by atoms with E-state index in [0.717, 1.165) is 25.0 Å². The highest BCUT2D eigenvalue weighted by Gasteiger charge is 2.36. The van der Waals surface area contributed by atoms with Crippen LogP contribution in [0.15, 0.2) is 23.1 Å². The molecule has 0 radical (unpaired) electrons. The van der Waals surface area contributed by atoms with Gasteiger partial charge in [-0.25, -0.2) is 12.8 Å². The Labute approximate surface area is 118 Å². The summed E-state index contributed by atoms with van der Waals surface area (Å²) in [5.41, 5.74) is 5.77. The van der Waals surface area contributed by atoms with Gasteiger partial charge in [0.25, 0.3) is 0 Å². The van der Waals surface area contributed by atoms with E-state index < -0.39 is 15.8 Å². The predicted molar refractivity (Wildman–Crippen MR) is 74.0 cm³/mol. The quantitative estimate of drug-likeness (QED) is 0.804. The fraction of sp³-hybridized carbons (Fsp3) is 0.538. The summed E-state index contributed by atoms with van der Waals surface area (Å²) in [5, 5.41) is 8.87. The van der Waals surface area contributed by atoms with E-state index in [2.05, 4.69) is 0 Å². The van der Waals surface area contributed by atoms with Gasteiger partial charge in [0.05, 0.1) is 0 Å². The fourth-order valence-electron chi connectivity index (χ4n) is 2.58. The number of hydrogen-bond donors (Lipinski definition) is 2. The summed E-state index contributed by atoms with van der Waals surface area (Å²) in [6, 6.07) is 3.39. The van der Waals surface area contributed by atoms with Gasteiger partial charge in [-0.2, -0.15) is 4.31 Å².